The number of likely N-dealkylation sites (tertiary alicyclic amines) is 1. The van der Waals surface area contributed by atoms with Gasteiger partial charge in [0.2, 0.25) is 17.6 Å². The van der Waals surface area contributed by atoms with Crippen LogP contribution in [0.1, 0.15) is 12.8 Å². The van der Waals surface area contributed by atoms with Gasteiger partial charge in [-0.3, -0.25) is 0 Å². The van der Waals surface area contributed by atoms with E-state index in [4.69, 9.17) is 10.5 Å². The smallest absolute Gasteiger partial charge is 0.407 e. The highest BCUT2D eigenvalue weighted by molar-refractivity contribution is 5.66. The second-order valence-electron chi connectivity index (χ2n) is 7.22. The molecule has 0 radical (unpaired) electrons. The fourth-order valence-corrected chi connectivity index (χ4v) is 3.43. The first kappa shape index (κ1) is 21.2. The van der Waals surface area contributed by atoms with Crippen LogP contribution in [0.15, 0.2) is 42.7 Å². The van der Waals surface area contributed by atoms with Gasteiger partial charge in [0, 0.05) is 31.5 Å². The molecule has 3 aromatic rings. The van der Waals surface area contributed by atoms with Crippen molar-refractivity contribution in [1.29, 1.82) is 0 Å². The maximum absolute atomic E-state index is 14.2. The van der Waals surface area contributed by atoms with Gasteiger partial charge in [0.25, 0.3) is 0 Å². The Labute approximate surface area is 181 Å². The van der Waals surface area contributed by atoms with Crippen LogP contribution >= 0.6 is 0 Å². The molecule has 1 amide bonds. The quantitative estimate of drug-likeness (QED) is 0.510. The van der Waals surface area contributed by atoms with Crippen LogP contribution in [0.25, 0.3) is 11.3 Å². The molecule has 11 heteroatoms. The van der Waals surface area contributed by atoms with Crippen molar-refractivity contribution in [1.82, 2.24) is 19.9 Å². The van der Waals surface area contributed by atoms with Crippen molar-refractivity contribution in [2.45, 2.75) is 18.9 Å². The molecule has 1 aromatic carbocycles. The summed E-state index contributed by atoms with van der Waals surface area (Å²) >= 11 is 0. The van der Waals surface area contributed by atoms with E-state index in [0.717, 1.165) is 12.8 Å². The molecule has 1 aliphatic rings. The van der Waals surface area contributed by atoms with E-state index in [9.17, 15) is 18.7 Å². The minimum Gasteiger partial charge on any atom is -0.465 e. The Kier molecular flexibility index (Phi) is 5.97. The van der Waals surface area contributed by atoms with Crippen LogP contribution in [0.3, 0.4) is 0 Å². The molecule has 32 heavy (non-hydrogen) atoms. The third kappa shape index (κ3) is 4.51. The van der Waals surface area contributed by atoms with Crippen molar-refractivity contribution in [3.8, 4) is 22.9 Å². The summed E-state index contributed by atoms with van der Waals surface area (Å²) in [4.78, 5) is 25.4. The lowest BCUT2D eigenvalue weighted by molar-refractivity contribution is 0.132. The topological polar surface area (TPSA) is 126 Å². The van der Waals surface area contributed by atoms with Crippen LogP contribution in [0.4, 0.5) is 25.2 Å². The predicted molar refractivity (Wildman–Crippen MR) is 112 cm³/mol. The number of aromatic nitrogens is 3. The van der Waals surface area contributed by atoms with E-state index in [1.54, 1.807) is 18.2 Å². The molecule has 4 N–H and O–H groups in total. The van der Waals surface area contributed by atoms with E-state index in [1.165, 1.54) is 29.4 Å². The Morgan fingerprint density at radius 1 is 1.19 bits per heavy atom. The molecule has 1 aliphatic heterocycles. The fourth-order valence-electron chi connectivity index (χ4n) is 3.43. The van der Waals surface area contributed by atoms with Gasteiger partial charge in [-0.15, -0.1) is 0 Å². The number of benzene rings is 1. The number of pyridine rings is 1. The number of nitrogens with zero attached hydrogens (tertiary/aromatic N) is 4. The normalized spacial score (nSPS) is 15.9. The lowest BCUT2D eigenvalue weighted by Gasteiger charge is -2.31. The summed E-state index contributed by atoms with van der Waals surface area (Å²) < 4.78 is 33.5. The Balaban J connectivity index is 1.58. The first-order chi connectivity index (χ1) is 15.4. The summed E-state index contributed by atoms with van der Waals surface area (Å²) in [6.45, 7) is 0.819. The zero-order chi connectivity index (χ0) is 22.7. The molecule has 1 unspecified atom stereocenters. The molecule has 166 valence electrons. The molecular formula is C21H20F2N6O3. The van der Waals surface area contributed by atoms with Gasteiger partial charge in [-0.25, -0.2) is 24.1 Å². The van der Waals surface area contributed by atoms with E-state index < -0.39 is 17.7 Å². The summed E-state index contributed by atoms with van der Waals surface area (Å²) in [7, 11) is 0. The lowest BCUT2D eigenvalue weighted by atomic mass is 10.1. The number of piperidine rings is 1. The van der Waals surface area contributed by atoms with Crippen LogP contribution in [-0.2, 0) is 0 Å². The molecule has 0 aliphatic carbocycles. The van der Waals surface area contributed by atoms with Gasteiger partial charge < -0.3 is 25.8 Å². The number of hydrogen-bond donors (Lipinski definition) is 3. The summed E-state index contributed by atoms with van der Waals surface area (Å²) in [5.41, 5.74) is 5.92. The lowest BCUT2D eigenvalue weighted by Crippen LogP contribution is -2.44. The molecule has 0 bridgehead atoms. The minimum absolute atomic E-state index is 0.0231. The van der Waals surface area contributed by atoms with Crippen molar-refractivity contribution in [2.75, 3.05) is 24.1 Å². The number of ether oxygens (including phenoxy) is 1. The van der Waals surface area contributed by atoms with Gasteiger partial charge in [0.1, 0.15) is 0 Å². The van der Waals surface area contributed by atoms with Crippen LogP contribution < -0.4 is 15.8 Å². The summed E-state index contributed by atoms with van der Waals surface area (Å²) in [6, 6.07) is 7.24. The highest BCUT2D eigenvalue weighted by Crippen LogP contribution is 2.33. The van der Waals surface area contributed by atoms with Gasteiger partial charge >= 0.3 is 6.09 Å². The molecule has 9 nitrogen and oxygen atoms in total. The minimum atomic E-state index is -1.22. The maximum atomic E-state index is 14.2. The number of nitrogens with two attached hydrogens (primary N) is 1. The van der Waals surface area contributed by atoms with Crippen molar-refractivity contribution in [2.24, 2.45) is 0 Å². The second kappa shape index (κ2) is 9.00. The number of nitrogen functional groups attached to an aromatic ring is 1. The van der Waals surface area contributed by atoms with Gasteiger partial charge in [-0.1, -0.05) is 0 Å². The first-order valence-corrected chi connectivity index (χ1v) is 9.86. The molecule has 1 saturated heterocycles. The highest BCUT2D eigenvalue weighted by Gasteiger charge is 2.24. The summed E-state index contributed by atoms with van der Waals surface area (Å²) in [5.74, 6) is -2.45. The molecular weight excluding hydrogens is 422 g/mol. The number of hydrogen-bond acceptors (Lipinski definition) is 7. The maximum Gasteiger partial charge on any atom is 0.407 e. The average Bonchev–Trinajstić information content (AvgIpc) is 2.80. The highest BCUT2D eigenvalue weighted by atomic mass is 19.2. The van der Waals surface area contributed by atoms with Crippen LogP contribution in [0.2, 0.25) is 0 Å². The standard InChI is InChI=1S/C21H20F2N6O3/c22-17-14(24)5-6-16(18(17)23)32-19-13(4-1-8-25-19)15-7-9-26-20(28-15)27-12-3-2-10-29(11-12)21(30)31/h1,4-9,12H,2-3,10-11,24H2,(H,30,31)(H,26,27,28). The number of nitrogens with one attached hydrogen (secondary N) is 1. The average molecular weight is 442 g/mol. The summed E-state index contributed by atoms with van der Waals surface area (Å²) in [6.07, 6.45) is 3.53. The molecule has 1 fully saturated rings. The molecule has 1 atom stereocenters. The number of anilines is 2. The largest absolute Gasteiger partial charge is 0.465 e. The summed E-state index contributed by atoms with van der Waals surface area (Å²) in [5, 5.41) is 12.4. The van der Waals surface area contributed by atoms with Gasteiger partial charge in [0.05, 0.1) is 16.9 Å². The molecule has 0 saturated carbocycles. The Bertz CT molecular complexity index is 1150. The monoisotopic (exact) mass is 442 g/mol. The Morgan fingerprint density at radius 3 is 2.84 bits per heavy atom. The van der Waals surface area contributed by atoms with E-state index >= 15 is 0 Å². The van der Waals surface area contributed by atoms with Gasteiger partial charge in [-0.2, -0.15) is 4.39 Å². The first-order valence-electron chi connectivity index (χ1n) is 9.86. The molecule has 2 aromatic heterocycles. The van der Waals surface area contributed by atoms with Crippen molar-refractivity contribution >= 4 is 17.7 Å². The molecule has 3 heterocycles. The van der Waals surface area contributed by atoms with Crippen molar-refractivity contribution in [3.05, 3.63) is 54.4 Å². The van der Waals surface area contributed by atoms with Crippen LogP contribution in [0.5, 0.6) is 11.6 Å². The second-order valence-corrected chi connectivity index (χ2v) is 7.22. The van der Waals surface area contributed by atoms with E-state index in [0.29, 0.717) is 30.3 Å². The van der Waals surface area contributed by atoms with E-state index in [-0.39, 0.29) is 23.4 Å². The zero-order valence-corrected chi connectivity index (χ0v) is 16.8. The number of carbonyl (C=O) groups is 1. The van der Waals surface area contributed by atoms with Crippen molar-refractivity contribution in [3.63, 3.8) is 0 Å². The van der Waals surface area contributed by atoms with Gasteiger partial charge in [0.15, 0.2) is 11.6 Å². The van der Waals surface area contributed by atoms with Crippen molar-refractivity contribution < 1.29 is 23.4 Å². The Hall–Kier alpha value is -4.02. The fraction of sp³-hybridized carbons (Fsp3) is 0.238. The van der Waals surface area contributed by atoms with Crippen LogP contribution in [-0.4, -0.2) is 50.2 Å². The number of carboxylic acid groups (broad SMARTS) is 1. The van der Waals surface area contributed by atoms with Crippen LogP contribution in [0, 0.1) is 11.6 Å². The van der Waals surface area contributed by atoms with Gasteiger partial charge in [-0.05, 0) is 43.2 Å². The number of halogens is 2. The molecule has 0 spiro atoms. The van der Waals surface area contributed by atoms with E-state index in [2.05, 4.69) is 20.3 Å². The SMILES string of the molecule is Nc1ccc(Oc2ncccc2-c2ccnc(NC3CCCN(C(=O)O)C3)n2)c(F)c1F. The number of rotatable bonds is 5. The van der Waals surface area contributed by atoms with E-state index in [1.807, 2.05) is 0 Å². The zero-order valence-electron chi connectivity index (χ0n) is 16.8. The Morgan fingerprint density at radius 2 is 2.03 bits per heavy atom. The third-order valence-corrected chi connectivity index (χ3v) is 5.01. The molecule has 4 rings (SSSR count). The third-order valence-electron chi connectivity index (χ3n) is 5.01. The predicted octanol–water partition coefficient (Wildman–Crippen LogP) is 3.75. The number of amides is 1.